The molecule has 0 aliphatic carbocycles. The molecule has 2 heteroatoms. The molecule has 1 heterocycles. The zero-order chi connectivity index (χ0) is 42.4. The van der Waals surface area contributed by atoms with Crippen molar-refractivity contribution in [2.75, 3.05) is 4.90 Å². The SMILES string of the molecule is c1ccc(-c2cccc(N(c3ccc(-c4ccc(-n5c6ccccc6c6c7ccccc7ccc65)c(-c5ccccc5)c4)cc3)c3ccc(-c4ccc5ccccc5c4)cc3)c2)cc1. The van der Waals surface area contributed by atoms with E-state index in [1.807, 2.05) is 0 Å². The monoisotopic (exact) mass is 814 g/mol. The summed E-state index contributed by atoms with van der Waals surface area (Å²) in [5.74, 6) is 0. The molecular formula is C62H42N2. The van der Waals surface area contributed by atoms with Gasteiger partial charge in [0.1, 0.15) is 0 Å². The number of fused-ring (bicyclic) bond motifs is 6. The highest BCUT2D eigenvalue weighted by molar-refractivity contribution is 6.21. The summed E-state index contributed by atoms with van der Waals surface area (Å²) >= 11 is 0. The molecule has 0 atom stereocenters. The molecule has 1 aromatic heterocycles. The van der Waals surface area contributed by atoms with Gasteiger partial charge in [-0.25, -0.2) is 0 Å². The van der Waals surface area contributed by atoms with Crippen molar-refractivity contribution in [2.24, 2.45) is 0 Å². The number of para-hydroxylation sites is 1. The zero-order valence-corrected chi connectivity index (χ0v) is 35.1. The molecule has 0 spiro atoms. The third-order valence-electron chi connectivity index (χ3n) is 12.8. The molecule has 0 fully saturated rings. The van der Waals surface area contributed by atoms with E-state index in [0.29, 0.717) is 0 Å². The van der Waals surface area contributed by atoms with Crippen molar-refractivity contribution in [1.29, 1.82) is 0 Å². The molecule has 0 N–H and O–H groups in total. The van der Waals surface area contributed by atoms with E-state index in [1.54, 1.807) is 0 Å². The molecule has 12 aromatic rings. The maximum atomic E-state index is 2.46. The van der Waals surface area contributed by atoms with E-state index in [-0.39, 0.29) is 0 Å². The Hall–Kier alpha value is -8.46. The fraction of sp³-hybridized carbons (Fsp3) is 0. The Morgan fingerprint density at radius 1 is 0.266 bits per heavy atom. The molecule has 0 bridgehead atoms. The summed E-state index contributed by atoms with van der Waals surface area (Å²) in [7, 11) is 0. The van der Waals surface area contributed by atoms with Crippen LogP contribution < -0.4 is 4.90 Å². The molecule has 0 aliphatic rings. The Labute approximate surface area is 373 Å². The van der Waals surface area contributed by atoms with Gasteiger partial charge in [-0.15, -0.1) is 0 Å². The van der Waals surface area contributed by atoms with Crippen molar-refractivity contribution < 1.29 is 0 Å². The Balaban J connectivity index is 0.962. The predicted octanol–water partition coefficient (Wildman–Crippen LogP) is 17.2. The van der Waals surface area contributed by atoms with Crippen LogP contribution in [0.2, 0.25) is 0 Å². The van der Waals surface area contributed by atoms with Crippen molar-refractivity contribution in [2.45, 2.75) is 0 Å². The molecule has 0 saturated carbocycles. The first-order valence-electron chi connectivity index (χ1n) is 22.0. The van der Waals surface area contributed by atoms with Crippen LogP contribution in [0.3, 0.4) is 0 Å². The maximum absolute atomic E-state index is 2.46. The molecule has 0 amide bonds. The summed E-state index contributed by atoms with van der Waals surface area (Å²) in [4.78, 5) is 2.37. The fourth-order valence-electron chi connectivity index (χ4n) is 9.64. The summed E-state index contributed by atoms with van der Waals surface area (Å²) in [5.41, 5.74) is 16.3. The normalized spacial score (nSPS) is 11.4. The second kappa shape index (κ2) is 15.8. The Morgan fingerprint density at radius 2 is 0.781 bits per heavy atom. The second-order valence-electron chi connectivity index (χ2n) is 16.5. The van der Waals surface area contributed by atoms with Gasteiger partial charge >= 0.3 is 0 Å². The number of nitrogens with zero attached hydrogens (tertiary/aromatic N) is 2. The minimum Gasteiger partial charge on any atom is -0.310 e. The molecule has 0 radical (unpaired) electrons. The summed E-state index contributed by atoms with van der Waals surface area (Å²) in [6.45, 7) is 0. The minimum atomic E-state index is 1.09. The van der Waals surface area contributed by atoms with Crippen molar-refractivity contribution in [1.82, 2.24) is 4.57 Å². The van der Waals surface area contributed by atoms with E-state index in [9.17, 15) is 0 Å². The number of benzene rings is 11. The first-order valence-corrected chi connectivity index (χ1v) is 22.0. The van der Waals surface area contributed by atoms with Crippen LogP contribution in [0.1, 0.15) is 0 Å². The van der Waals surface area contributed by atoms with Crippen molar-refractivity contribution >= 4 is 60.4 Å². The van der Waals surface area contributed by atoms with Gasteiger partial charge in [-0.3, -0.25) is 0 Å². The number of aromatic nitrogens is 1. The average Bonchev–Trinajstić information content (AvgIpc) is 3.72. The fourth-order valence-corrected chi connectivity index (χ4v) is 9.64. The van der Waals surface area contributed by atoms with Crippen molar-refractivity contribution in [3.8, 4) is 50.2 Å². The highest BCUT2D eigenvalue weighted by Crippen LogP contribution is 2.42. The number of rotatable bonds is 8. The van der Waals surface area contributed by atoms with E-state index in [4.69, 9.17) is 0 Å². The molecule has 0 unspecified atom stereocenters. The summed E-state index contributed by atoms with van der Waals surface area (Å²) in [5, 5.41) is 7.56. The summed E-state index contributed by atoms with van der Waals surface area (Å²) in [6, 6.07) is 92.6. The van der Waals surface area contributed by atoms with Gasteiger partial charge < -0.3 is 9.47 Å². The quantitative estimate of drug-likeness (QED) is 0.148. The standard InChI is InChI=1S/C62H42N2/c1-3-14-43(15-4-1)50-21-13-22-55(41-50)63(53-34-28-45(29-35-53)51-27-26-44-16-7-8-20-49(44)40-51)54-36-30-46(31-37-54)52-33-38-60(58(42-52)47-17-5-2-6-18-47)64-59-25-12-11-24-57(59)62-56-23-10-9-19-48(56)32-39-61(62)64/h1-42H. The van der Waals surface area contributed by atoms with E-state index in [1.165, 1.54) is 76.7 Å². The van der Waals surface area contributed by atoms with E-state index in [0.717, 1.165) is 33.9 Å². The lowest BCUT2D eigenvalue weighted by molar-refractivity contribution is 1.18. The van der Waals surface area contributed by atoms with Gasteiger partial charge in [0, 0.05) is 33.4 Å². The minimum absolute atomic E-state index is 1.09. The van der Waals surface area contributed by atoms with Crippen LogP contribution in [0.5, 0.6) is 0 Å². The van der Waals surface area contributed by atoms with E-state index >= 15 is 0 Å². The van der Waals surface area contributed by atoms with Crippen molar-refractivity contribution in [3.63, 3.8) is 0 Å². The zero-order valence-electron chi connectivity index (χ0n) is 35.1. The number of anilines is 3. The smallest absolute Gasteiger partial charge is 0.0547 e. The number of hydrogen-bond acceptors (Lipinski definition) is 1. The van der Waals surface area contributed by atoms with Crippen LogP contribution in [-0.4, -0.2) is 4.57 Å². The topological polar surface area (TPSA) is 8.17 Å². The lowest BCUT2D eigenvalue weighted by Crippen LogP contribution is -2.10. The lowest BCUT2D eigenvalue weighted by Gasteiger charge is -2.26. The molecule has 12 rings (SSSR count). The predicted molar refractivity (Wildman–Crippen MR) is 272 cm³/mol. The lowest BCUT2D eigenvalue weighted by atomic mass is 9.96. The van der Waals surface area contributed by atoms with E-state index in [2.05, 4.69) is 264 Å². The first-order chi connectivity index (χ1) is 31.7. The van der Waals surface area contributed by atoms with Crippen LogP contribution in [0, 0.1) is 0 Å². The van der Waals surface area contributed by atoms with E-state index < -0.39 is 0 Å². The molecule has 0 aliphatic heterocycles. The molecule has 0 saturated heterocycles. The highest BCUT2D eigenvalue weighted by atomic mass is 15.1. The van der Waals surface area contributed by atoms with Gasteiger partial charge in [0.2, 0.25) is 0 Å². The highest BCUT2D eigenvalue weighted by Gasteiger charge is 2.19. The van der Waals surface area contributed by atoms with Gasteiger partial charge in [-0.1, -0.05) is 188 Å². The van der Waals surface area contributed by atoms with Crippen LogP contribution in [0.15, 0.2) is 255 Å². The van der Waals surface area contributed by atoms with Crippen LogP contribution in [0.4, 0.5) is 17.1 Å². The van der Waals surface area contributed by atoms with Crippen molar-refractivity contribution in [3.05, 3.63) is 255 Å². The Morgan fingerprint density at radius 3 is 1.52 bits per heavy atom. The second-order valence-corrected chi connectivity index (χ2v) is 16.5. The number of hydrogen-bond donors (Lipinski definition) is 0. The van der Waals surface area contributed by atoms with Crippen LogP contribution >= 0.6 is 0 Å². The third-order valence-corrected chi connectivity index (χ3v) is 12.8. The van der Waals surface area contributed by atoms with Gasteiger partial charge in [0.15, 0.2) is 0 Å². The maximum Gasteiger partial charge on any atom is 0.0547 e. The first kappa shape index (κ1) is 37.3. The van der Waals surface area contributed by atoms with Crippen LogP contribution in [0.25, 0.3) is 93.5 Å². The molecular weight excluding hydrogens is 773 g/mol. The third kappa shape index (κ3) is 6.61. The summed E-state index contributed by atoms with van der Waals surface area (Å²) in [6.07, 6.45) is 0. The average molecular weight is 815 g/mol. The van der Waals surface area contributed by atoms with Gasteiger partial charge in [0.05, 0.1) is 16.7 Å². The van der Waals surface area contributed by atoms with Crippen LogP contribution in [-0.2, 0) is 0 Å². The Kier molecular flexibility index (Phi) is 9.20. The molecule has 2 nitrogen and oxygen atoms in total. The molecule has 300 valence electrons. The van der Waals surface area contributed by atoms with Gasteiger partial charge in [-0.05, 0) is 127 Å². The molecule has 11 aromatic carbocycles. The van der Waals surface area contributed by atoms with Gasteiger partial charge in [0.25, 0.3) is 0 Å². The molecule has 64 heavy (non-hydrogen) atoms. The largest absolute Gasteiger partial charge is 0.310 e. The Bertz CT molecular complexity index is 3640. The van der Waals surface area contributed by atoms with Gasteiger partial charge in [-0.2, -0.15) is 0 Å². The summed E-state index contributed by atoms with van der Waals surface area (Å²) < 4.78 is 2.46.